The summed E-state index contributed by atoms with van der Waals surface area (Å²) in [5.74, 6) is 1.50. The summed E-state index contributed by atoms with van der Waals surface area (Å²) in [5, 5.41) is 3.29. The van der Waals surface area contributed by atoms with E-state index in [-0.39, 0.29) is 18.5 Å². The molecule has 0 unspecified atom stereocenters. The number of aryl methyl sites for hydroxylation is 1. The van der Waals surface area contributed by atoms with Gasteiger partial charge in [0.05, 0.1) is 10.4 Å². The molecule has 1 amide bonds. The highest BCUT2D eigenvalue weighted by molar-refractivity contribution is 6.33. The number of rotatable bonds is 6. The van der Waals surface area contributed by atoms with Crippen LogP contribution in [-0.4, -0.2) is 18.5 Å². The Hall–Kier alpha value is -3.31. The molecule has 0 bridgehead atoms. The molecule has 3 aromatic carbocycles. The molecule has 1 fully saturated rings. The Morgan fingerprint density at radius 2 is 1.76 bits per heavy atom. The maximum atomic E-state index is 13.4. The average molecular weight is 462 g/mol. The fourth-order valence-corrected chi connectivity index (χ4v) is 4.77. The molecule has 1 saturated carbocycles. The van der Waals surface area contributed by atoms with E-state index in [1.165, 1.54) is 6.92 Å². The summed E-state index contributed by atoms with van der Waals surface area (Å²) in [5.41, 5.74) is 5.08. The summed E-state index contributed by atoms with van der Waals surface area (Å²) >= 11 is 6.55. The second kappa shape index (κ2) is 8.23. The second-order valence-corrected chi connectivity index (χ2v) is 9.18. The topological polar surface area (TPSA) is 64.6 Å². The van der Waals surface area contributed by atoms with Crippen molar-refractivity contribution in [3.63, 3.8) is 0 Å². The van der Waals surface area contributed by atoms with Crippen LogP contribution in [0.25, 0.3) is 11.1 Å². The number of nitrogens with one attached hydrogen (secondary N) is 1. The monoisotopic (exact) mass is 461 g/mol. The lowest BCUT2D eigenvalue weighted by molar-refractivity contribution is -0.120. The largest absolute Gasteiger partial charge is 0.454 e. The average Bonchev–Trinajstić information content (AvgIpc) is 3.46. The van der Waals surface area contributed by atoms with Gasteiger partial charge in [0, 0.05) is 24.6 Å². The first-order chi connectivity index (χ1) is 15.9. The van der Waals surface area contributed by atoms with Gasteiger partial charge in [-0.05, 0) is 66.3 Å². The zero-order valence-electron chi connectivity index (χ0n) is 18.5. The molecule has 0 atom stereocenters. The molecule has 5 rings (SSSR count). The predicted molar refractivity (Wildman–Crippen MR) is 128 cm³/mol. The first-order valence-electron chi connectivity index (χ1n) is 11.0. The molecule has 0 radical (unpaired) electrons. The zero-order valence-corrected chi connectivity index (χ0v) is 19.3. The molecule has 1 N–H and O–H groups in total. The molecule has 6 heteroatoms. The van der Waals surface area contributed by atoms with Gasteiger partial charge in [0.25, 0.3) is 0 Å². The number of fused-ring (bicyclic) bond motifs is 1. The lowest BCUT2D eigenvalue weighted by atomic mass is 9.87. The van der Waals surface area contributed by atoms with Gasteiger partial charge in [-0.25, -0.2) is 0 Å². The number of halogens is 1. The van der Waals surface area contributed by atoms with Crippen LogP contribution in [0.3, 0.4) is 0 Å². The van der Waals surface area contributed by atoms with Crippen molar-refractivity contribution in [2.24, 2.45) is 0 Å². The summed E-state index contributed by atoms with van der Waals surface area (Å²) in [6.07, 6.45) is 2.05. The number of ketones is 1. The van der Waals surface area contributed by atoms with Crippen molar-refractivity contribution < 1.29 is 19.1 Å². The Morgan fingerprint density at radius 3 is 2.48 bits per heavy atom. The number of Topliss-reactive ketones (excluding diaryl/α,β-unsaturated/α-hetero) is 1. The molecule has 33 heavy (non-hydrogen) atoms. The number of carbonyl (C=O) groups is 2. The highest BCUT2D eigenvalue weighted by atomic mass is 35.5. The molecule has 168 valence electrons. The number of hydrogen-bond acceptors (Lipinski definition) is 4. The van der Waals surface area contributed by atoms with Crippen LogP contribution in [0.4, 0.5) is 5.69 Å². The van der Waals surface area contributed by atoms with Crippen LogP contribution >= 0.6 is 11.6 Å². The van der Waals surface area contributed by atoms with Gasteiger partial charge in [-0.3, -0.25) is 9.59 Å². The molecule has 5 nitrogen and oxygen atoms in total. The van der Waals surface area contributed by atoms with Crippen molar-refractivity contribution in [1.82, 2.24) is 0 Å². The van der Waals surface area contributed by atoms with Crippen molar-refractivity contribution in [3.8, 4) is 22.6 Å². The van der Waals surface area contributed by atoms with Crippen LogP contribution < -0.4 is 14.8 Å². The van der Waals surface area contributed by atoms with Crippen LogP contribution in [-0.2, 0) is 21.4 Å². The summed E-state index contributed by atoms with van der Waals surface area (Å²) in [6, 6.07) is 17.4. The van der Waals surface area contributed by atoms with Crippen LogP contribution in [0.15, 0.2) is 54.6 Å². The quantitative estimate of drug-likeness (QED) is 0.500. The maximum absolute atomic E-state index is 13.4. The van der Waals surface area contributed by atoms with E-state index in [1.807, 2.05) is 55.5 Å². The third-order valence-corrected chi connectivity index (χ3v) is 6.77. The molecule has 1 aliphatic carbocycles. The van der Waals surface area contributed by atoms with E-state index in [2.05, 4.69) is 5.32 Å². The van der Waals surface area contributed by atoms with Crippen LogP contribution in [0, 0.1) is 6.92 Å². The fraction of sp³-hybridized carbons (Fsp3) is 0.259. The van der Waals surface area contributed by atoms with Crippen molar-refractivity contribution in [2.75, 3.05) is 12.1 Å². The number of ether oxygens (including phenoxy) is 2. The third kappa shape index (κ3) is 4.09. The second-order valence-electron chi connectivity index (χ2n) is 8.78. The van der Waals surface area contributed by atoms with Crippen molar-refractivity contribution in [2.45, 2.75) is 38.5 Å². The van der Waals surface area contributed by atoms with E-state index in [1.54, 1.807) is 6.07 Å². The number of benzene rings is 3. The Labute approximate surface area is 197 Å². The van der Waals surface area contributed by atoms with E-state index in [0.717, 1.165) is 46.4 Å². The van der Waals surface area contributed by atoms with Gasteiger partial charge in [-0.2, -0.15) is 0 Å². The van der Waals surface area contributed by atoms with Gasteiger partial charge < -0.3 is 14.8 Å². The molecule has 1 aliphatic heterocycles. The minimum absolute atomic E-state index is 0.146. The molecule has 1 heterocycles. The number of hydrogen-bond donors (Lipinski definition) is 1. The lowest BCUT2D eigenvalue weighted by Crippen LogP contribution is -2.22. The minimum atomic E-state index is -0.441. The predicted octanol–water partition coefficient (Wildman–Crippen LogP) is 5.85. The first kappa shape index (κ1) is 21.5. The molecular formula is C27H24ClNO4. The van der Waals surface area contributed by atoms with Crippen molar-refractivity contribution in [1.29, 1.82) is 0 Å². The Balaban J connectivity index is 1.40. The van der Waals surface area contributed by atoms with Gasteiger partial charge in [0.1, 0.15) is 5.78 Å². The molecule has 0 aromatic heterocycles. The normalized spacial score (nSPS) is 15.2. The fourth-order valence-electron chi connectivity index (χ4n) is 4.49. The van der Waals surface area contributed by atoms with Crippen LogP contribution in [0.1, 0.15) is 36.5 Å². The zero-order chi connectivity index (χ0) is 23.2. The third-order valence-electron chi connectivity index (χ3n) is 6.46. The van der Waals surface area contributed by atoms with Gasteiger partial charge in [0.2, 0.25) is 12.7 Å². The van der Waals surface area contributed by atoms with E-state index >= 15 is 0 Å². The smallest absolute Gasteiger partial charge is 0.231 e. The van der Waals surface area contributed by atoms with Gasteiger partial charge >= 0.3 is 0 Å². The lowest BCUT2D eigenvalue weighted by Gasteiger charge is -2.16. The number of amides is 1. The summed E-state index contributed by atoms with van der Waals surface area (Å²) in [6.45, 7) is 3.71. The number of anilines is 1. The van der Waals surface area contributed by atoms with E-state index < -0.39 is 5.41 Å². The highest BCUT2D eigenvalue weighted by Crippen LogP contribution is 2.51. The number of carbonyl (C=O) groups excluding carboxylic acids is 2. The molecule has 0 spiro atoms. The molecular weight excluding hydrogens is 438 g/mol. The van der Waals surface area contributed by atoms with E-state index in [0.29, 0.717) is 22.9 Å². The molecule has 0 saturated heterocycles. The van der Waals surface area contributed by atoms with Crippen molar-refractivity contribution in [3.05, 3.63) is 76.3 Å². The molecule has 2 aliphatic rings. The van der Waals surface area contributed by atoms with E-state index in [9.17, 15) is 9.59 Å². The highest BCUT2D eigenvalue weighted by Gasteiger charge is 2.50. The Morgan fingerprint density at radius 1 is 0.970 bits per heavy atom. The minimum Gasteiger partial charge on any atom is -0.454 e. The summed E-state index contributed by atoms with van der Waals surface area (Å²) in [4.78, 5) is 24.7. The first-order valence-corrected chi connectivity index (χ1v) is 11.3. The standard InChI is InChI=1S/C27H24ClNO4/c1-16-3-4-18(11-22(16)21-7-6-20(14-23(21)28)29-17(2)30)12-26(31)27(9-10-27)19-5-8-24-25(13-19)33-15-32-24/h3-8,11,13-14H,9-10,12,15H2,1-2H3,(H,29,30). The molecule has 3 aromatic rings. The van der Waals surface area contributed by atoms with Crippen LogP contribution in [0.5, 0.6) is 11.5 Å². The van der Waals surface area contributed by atoms with Crippen LogP contribution in [0.2, 0.25) is 5.02 Å². The van der Waals surface area contributed by atoms with Gasteiger partial charge in [-0.15, -0.1) is 0 Å². The van der Waals surface area contributed by atoms with Gasteiger partial charge in [-0.1, -0.05) is 41.9 Å². The van der Waals surface area contributed by atoms with E-state index in [4.69, 9.17) is 21.1 Å². The Bertz CT molecular complexity index is 1280. The Kier molecular flexibility index (Phi) is 5.37. The summed E-state index contributed by atoms with van der Waals surface area (Å²) < 4.78 is 10.9. The van der Waals surface area contributed by atoms with Crippen molar-refractivity contribution >= 4 is 29.0 Å². The summed E-state index contributed by atoms with van der Waals surface area (Å²) in [7, 11) is 0. The SMILES string of the molecule is CC(=O)Nc1ccc(-c2cc(CC(=O)C3(c4ccc5c(c4)OCO5)CC3)ccc2C)c(Cl)c1. The maximum Gasteiger partial charge on any atom is 0.231 e. The van der Waals surface area contributed by atoms with Gasteiger partial charge in [0.15, 0.2) is 11.5 Å².